The normalized spacial score (nSPS) is 24.9. The minimum absolute atomic E-state index is 0.255. The van der Waals surface area contributed by atoms with Gasteiger partial charge in [-0.15, -0.1) is 0 Å². The molecule has 78 valence electrons. The van der Waals surface area contributed by atoms with Crippen molar-refractivity contribution in [2.24, 2.45) is 0 Å². The highest BCUT2D eigenvalue weighted by atomic mass is 16.5. The number of hydrogen-bond donors (Lipinski definition) is 1. The highest BCUT2D eigenvalue weighted by molar-refractivity contribution is 4.69. The average Bonchev–Trinajstić information content (AvgIpc) is 2.57. The van der Waals surface area contributed by atoms with E-state index in [0.29, 0.717) is 6.61 Å². The first-order valence-electron chi connectivity index (χ1n) is 5.20. The van der Waals surface area contributed by atoms with Crippen molar-refractivity contribution in [3.05, 3.63) is 0 Å². The minimum atomic E-state index is -0.255. The number of rotatable bonds is 6. The molecule has 2 atom stereocenters. The third-order valence-corrected chi connectivity index (χ3v) is 2.36. The number of aliphatic hydroxyl groups is 1. The van der Waals surface area contributed by atoms with Crippen molar-refractivity contribution in [2.45, 2.75) is 44.8 Å². The predicted octanol–water partition coefficient (Wildman–Crippen LogP) is 1.34. The molecule has 0 radical (unpaired) electrons. The van der Waals surface area contributed by atoms with E-state index in [2.05, 4.69) is 0 Å². The van der Waals surface area contributed by atoms with Crippen molar-refractivity contribution >= 4 is 0 Å². The molecule has 2 unspecified atom stereocenters. The van der Waals surface area contributed by atoms with Gasteiger partial charge in [-0.3, -0.25) is 0 Å². The lowest BCUT2D eigenvalue weighted by atomic mass is 10.1. The first-order chi connectivity index (χ1) is 6.33. The molecule has 1 rings (SSSR count). The van der Waals surface area contributed by atoms with Crippen molar-refractivity contribution in [3.8, 4) is 0 Å². The molecule has 0 aliphatic carbocycles. The van der Waals surface area contributed by atoms with Gasteiger partial charge in [-0.2, -0.15) is 0 Å². The molecule has 1 saturated heterocycles. The highest BCUT2D eigenvalue weighted by Crippen LogP contribution is 2.17. The molecule has 0 bridgehead atoms. The fourth-order valence-corrected chi connectivity index (χ4v) is 1.62. The fraction of sp³-hybridized carbons (Fsp3) is 1.00. The van der Waals surface area contributed by atoms with Crippen molar-refractivity contribution < 1.29 is 14.6 Å². The Kier molecular flexibility index (Phi) is 5.35. The second kappa shape index (κ2) is 6.35. The van der Waals surface area contributed by atoms with Gasteiger partial charge in [0.15, 0.2) is 0 Å². The number of hydrogen-bond acceptors (Lipinski definition) is 3. The highest BCUT2D eigenvalue weighted by Gasteiger charge is 2.18. The molecule has 0 aromatic heterocycles. The van der Waals surface area contributed by atoms with Crippen molar-refractivity contribution in [1.29, 1.82) is 0 Å². The summed E-state index contributed by atoms with van der Waals surface area (Å²) in [6.45, 7) is 4.21. The smallest absolute Gasteiger partial charge is 0.0600 e. The topological polar surface area (TPSA) is 38.7 Å². The summed E-state index contributed by atoms with van der Waals surface area (Å²) in [4.78, 5) is 0. The summed E-state index contributed by atoms with van der Waals surface area (Å²) >= 11 is 0. The van der Waals surface area contributed by atoms with Crippen LogP contribution in [0.4, 0.5) is 0 Å². The van der Waals surface area contributed by atoms with Crippen molar-refractivity contribution in [3.63, 3.8) is 0 Å². The van der Waals surface area contributed by atoms with Gasteiger partial charge in [-0.05, 0) is 32.6 Å². The van der Waals surface area contributed by atoms with Crippen LogP contribution in [-0.2, 0) is 9.47 Å². The molecule has 3 heteroatoms. The zero-order valence-electron chi connectivity index (χ0n) is 8.37. The van der Waals surface area contributed by atoms with E-state index in [9.17, 15) is 5.11 Å². The Labute approximate surface area is 80.0 Å². The largest absolute Gasteiger partial charge is 0.393 e. The summed E-state index contributed by atoms with van der Waals surface area (Å²) < 4.78 is 10.6. The summed E-state index contributed by atoms with van der Waals surface area (Å²) in [5.74, 6) is 0. The van der Waals surface area contributed by atoms with Gasteiger partial charge in [-0.1, -0.05) is 0 Å². The number of aliphatic hydroxyl groups excluding tert-OH is 1. The Morgan fingerprint density at radius 1 is 1.62 bits per heavy atom. The average molecular weight is 188 g/mol. The van der Waals surface area contributed by atoms with E-state index in [4.69, 9.17) is 9.47 Å². The first-order valence-corrected chi connectivity index (χ1v) is 5.20. The zero-order chi connectivity index (χ0) is 9.52. The Bertz CT molecular complexity index is 121. The molecule has 0 amide bonds. The van der Waals surface area contributed by atoms with Crippen LogP contribution in [0.5, 0.6) is 0 Å². The van der Waals surface area contributed by atoms with Crippen LogP contribution in [0, 0.1) is 0 Å². The van der Waals surface area contributed by atoms with E-state index in [0.717, 1.165) is 38.9 Å². The van der Waals surface area contributed by atoms with Crippen LogP contribution in [0.3, 0.4) is 0 Å². The van der Waals surface area contributed by atoms with Gasteiger partial charge in [0.05, 0.1) is 12.2 Å². The van der Waals surface area contributed by atoms with Gasteiger partial charge in [-0.25, -0.2) is 0 Å². The van der Waals surface area contributed by atoms with Crippen LogP contribution in [0.1, 0.15) is 32.6 Å². The predicted molar refractivity (Wildman–Crippen MR) is 50.7 cm³/mol. The molecule has 0 saturated carbocycles. The minimum Gasteiger partial charge on any atom is -0.393 e. The second-order valence-electron chi connectivity index (χ2n) is 3.51. The quantitative estimate of drug-likeness (QED) is 0.639. The van der Waals surface area contributed by atoms with Crippen LogP contribution in [0.2, 0.25) is 0 Å². The molecule has 3 nitrogen and oxygen atoms in total. The van der Waals surface area contributed by atoms with Crippen LogP contribution in [0.25, 0.3) is 0 Å². The monoisotopic (exact) mass is 188 g/mol. The molecule has 13 heavy (non-hydrogen) atoms. The van der Waals surface area contributed by atoms with Gasteiger partial charge in [0.1, 0.15) is 0 Å². The Morgan fingerprint density at radius 3 is 3.08 bits per heavy atom. The lowest BCUT2D eigenvalue weighted by Crippen LogP contribution is -2.18. The van der Waals surface area contributed by atoms with Crippen molar-refractivity contribution in [1.82, 2.24) is 0 Å². The maximum Gasteiger partial charge on any atom is 0.0600 e. The molecule has 1 fully saturated rings. The van der Waals surface area contributed by atoms with E-state index in [1.54, 1.807) is 0 Å². The standard InChI is InChI=1S/C10H20O3/c1-2-12-7-5-9(11)8-10-4-3-6-13-10/h9-11H,2-8H2,1H3. The fourth-order valence-electron chi connectivity index (χ4n) is 1.62. The van der Waals surface area contributed by atoms with Gasteiger partial charge in [0.25, 0.3) is 0 Å². The second-order valence-corrected chi connectivity index (χ2v) is 3.51. The van der Waals surface area contributed by atoms with Crippen LogP contribution in [0.15, 0.2) is 0 Å². The van der Waals surface area contributed by atoms with Gasteiger partial charge < -0.3 is 14.6 Å². The molecule has 0 spiro atoms. The summed E-state index contributed by atoms with van der Waals surface area (Å²) in [5, 5.41) is 9.58. The molecule has 1 heterocycles. The molecule has 0 aromatic carbocycles. The lowest BCUT2D eigenvalue weighted by molar-refractivity contribution is 0.0338. The summed E-state index contributed by atoms with van der Waals surface area (Å²) in [7, 11) is 0. The Hall–Kier alpha value is -0.120. The van der Waals surface area contributed by atoms with Gasteiger partial charge >= 0.3 is 0 Å². The van der Waals surface area contributed by atoms with E-state index in [-0.39, 0.29) is 12.2 Å². The maximum atomic E-state index is 9.58. The Balaban J connectivity index is 1.99. The van der Waals surface area contributed by atoms with E-state index in [1.165, 1.54) is 0 Å². The molecule has 1 aliphatic rings. The van der Waals surface area contributed by atoms with Gasteiger partial charge in [0, 0.05) is 19.8 Å². The van der Waals surface area contributed by atoms with Crippen molar-refractivity contribution in [2.75, 3.05) is 19.8 Å². The van der Waals surface area contributed by atoms with E-state index < -0.39 is 0 Å². The van der Waals surface area contributed by atoms with Crippen LogP contribution < -0.4 is 0 Å². The summed E-state index contributed by atoms with van der Waals surface area (Å²) in [6.07, 6.45) is 3.78. The summed E-state index contributed by atoms with van der Waals surface area (Å²) in [6, 6.07) is 0. The maximum absolute atomic E-state index is 9.58. The molecular formula is C10H20O3. The van der Waals surface area contributed by atoms with Crippen LogP contribution >= 0.6 is 0 Å². The lowest BCUT2D eigenvalue weighted by Gasteiger charge is -2.14. The molecule has 1 N–H and O–H groups in total. The molecule has 1 aliphatic heterocycles. The molecule has 0 aromatic rings. The third kappa shape index (κ3) is 4.60. The van der Waals surface area contributed by atoms with E-state index in [1.807, 2.05) is 6.92 Å². The summed E-state index contributed by atoms with van der Waals surface area (Å²) in [5.41, 5.74) is 0. The third-order valence-electron chi connectivity index (χ3n) is 2.36. The number of ether oxygens (including phenoxy) is 2. The van der Waals surface area contributed by atoms with E-state index >= 15 is 0 Å². The first kappa shape index (κ1) is 11.0. The zero-order valence-corrected chi connectivity index (χ0v) is 8.37. The SMILES string of the molecule is CCOCCC(O)CC1CCCO1. The van der Waals surface area contributed by atoms with Gasteiger partial charge in [0.2, 0.25) is 0 Å². The Morgan fingerprint density at radius 2 is 2.46 bits per heavy atom. The van der Waals surface area contributed by atoms with Crippen LogP contribution in [-0.4, -0.2) is 37.1 Å². The molecular weight excluding hydrogens is 168 g/mol.